The lowest BCUT2D eigenvalue weighted by atomic mass is 10.2. The molecule has 96 valence electrons. The van der Waals surface area contributed by atoms with E-state index < -0.39 is 0 Å². The molecule has 0 amide bonds. The van der Waals surface area contributed by atoms with Gasteiger partial charge in [-0.1, -0.05) is 5.16 Å². The number of hydrogen-bond acceptors (Lipinski definition) is 9. The minimum atomic E-state index is 0.126. The summed E-state index contributed by atoms with van der Waals surface area (Å²) in [5.74, 6) is 0.366. The van der Waals surface area contributed by atoms with Gasteiger partial charge in [-0.3, -0.25) is 0 Å². The lowest BCUT2D eigenvalue weighted by Crippen LogP contribution is -2.18. The van der Waals surface area contributed by atoms with Crippen molar-refractivity contribution in [2.75, 3.05) is 24.2 Å². The molecule has 2 aromatic heterocycles. The molecule has 9 heteroatoms. The first-order chi connectivity index (χ1) is 8.83. The van der Waals surface area contributed by atoms with Crippen LogP contribution in [0.1, 0.15) is 12.8 Å². The normalized spacial score (nSPS) is 19.2. The van der Waals surface area contributed by atoms with E-state index in [1.807, 2.05) is 0 Å². The molecule has 1 fully saturated rings. The maximum Gasteiger partial charge on any atom is 0.321 e. The molecule has 0 aromatic carbocycles. The zero-order valence-corrected chi connectivity index (χ0v) is 9.50. The van der Waals surface area contributed by atoms with Crippen molar-refractivity contribution in [1.82, 2.24) is 20.5 Å². The lowest BCUT2D eigenvalue weighted by Gasteiger charge is -2.07. The highest BCUT2D eigenvalue weighted by Crippen LogP contribution is 2.20. The van der Waals surface area contributed by atoms with Crippen molar-refractivity contribution in [1.29, 1.82) is 0 Å². The smallest absolute Gasteiger partial charge is 0.321 e. The number of anilines is 2. The Morgan fingerprint density at radius 1 is 1.33 bits per heavy atom. The molecule has 1 atom stereocenters. The Balaban J connectivity index is 1.64. The van der Waals surface area contributed by atoms with Crippen molar-refractivity contribution in [3.8, 4) is 11.5 Å². The molecule has 0 radical (unpaired) electrons. The standard InChI is InChI=1S/C9H12N6O3/c10-7-6(13-18-14-7)8-12-9(17-15-8)11-4-5-2-1-3-16-5/h5H,1-4H2,(H2,10,14)(H,11,12,15)/t5-/m0/s1. The first-order valence-corrected chi connectivity index (χ1v) is 5.60. The van der Waals surface area contributed by atoms with Gasteiger partial charge in [-0.15, -0.1) is 0 Å². The minimum absolute atomic E-state index is 0.126. The molecule has 1 saturated heterocycles. The zero-order chi connectivity index (χ0) is 12.4. The van der Waals surface area contributed by atoms with Crippen LogP contribution >= 0.6 is 0 Å². The Morgan fingerprint density at radius 3 is 3.00 bits per heavy atom. The summed E-state index contributed by atoms with van der Waals surface area (Å²) < 4.78 is 14.9. The van der Waals surface area contributed by atoms with E-state index in [1.54, 1.807) is 0 Å². The maximum atomic E-state index is 5.53. The number of nitrogens with one attached hydrogen (secondary N) is 1. The molecule has 0 saturated carbocycles. The third-order valence-electron chi connectivity index (χ3n) is 2.66. The van der Waals surface area contributed by atoms with Crippen molar-refractivity contribution < 1.29 is 13.9 Å². The van der Waals surface area contributed by atoms with Crippen molar-refractivity contribution in [2.45, 2.75) is 18.9 Å². The average Bonchev–Trinajstić information content (AvgIpc) is 3.07. The van der Waals surface area contributed by atoms with Gasteiger partial charge < -0.3 is 20.3 Å². The van der Waals surface area contributed by atoms with Crippen LogP contribution in [0.25, 0.3) is 11.5 Å². The quantitative estimate of drug-likeness (QED) is 0.789. The van der Waals surface area contributed by atoms with Crippen molar-refractivity contribution in [3.63, 3.8) is 0 Å². The molecule has 0 spiro atoms. The highest BCUT2D eigenvalue weighted by atomic mass is 16.6. The molecule has 0 aliphatic carbocycles. The summed E-state index contributed by atoms with van der Waals surface area (Å²) in [5.41, 5.74) is 5.79. The zero-order valence-electron chi connectivity index (χ0n) is 9.50. The fourth-order valence-electron chi connectivity index (χ4n) is 1.75. The molecule has 18 heavy (non-hydrogen) atoms. The van der Waals surface area contributed by atoms with Crippen LogP contribution in [0.4, 0.5) is 11.8 Å². The van der Waals surface area contributed by atoms with E-state index in [-0.39, 0.29) is 23.4 Å². The van der Waals surface area contributed by atoms with Crippen molar-refractivity contribution in [3.05, 3.63) is 0 Å². The number of nitrogens with two attached hydrogens (primary N) is 1. The monoisotopic (exact) mass is 252 g/mol. The van der Waals surface area contributed by atoms with Crippen LogP contribution in [0.15, 0.2) is 9.15 Å². The summed E-state index contributed by atoms with van der Waals surface area (Å²) in [6.45, 7) is 1.44. The van der Waals surface area contributed by atoms with Crippen molar-refractivity contribution >= 4 is 11.8 Å². The molecule has 9 nitrogen and oxygen atoms in total. The van der Waals surface area contributed by atoms with Gasteiger partial charge in [0, 0.05) is 13.2 Å². The highest BCUT2D eigenvalue weighted by molar-refractivity contribution is 5.62. The number of ether oxygens (including phenoxy) is 1. The number of nitrogen functional groups attached to an aromatic ring is 1. The topological polar surface area (TPSA) is 125 Å². The highest BCUT2D eigenvalue weighted by Gasteiger charge is 2.19. The number of aromatic nitrogens is 4. The van der Waals surface area contributed by atoms with Gasteiger partial charge in [0.1, 0.15) is 0 Å². The van der Waals surface area contributed by atoms with E-state index in [9.17, 15) is 0 Å². The van der Waals surface area contributed by atoms with E-state index in [4.69, 9.17) is 15.0 Å². The lowest BCUT2D eigenvalue weighted by molar-refractivity contribution is 0.120. The van der Waals surface area contributed by atoms with Gasteiger partial charge >= 0.3 is 6.01 Å². The summed E-state index contributed by atoms with van der Waals surface area (Å²) in [5, 5.41) is 13.8. The molecule has 2 aromatic rings. The second kappa shape index (κ2) is 4.61. The Hall–Kier alpha value is -2.16. The summed E-state index contributed by atoms with van der Waals surface area (Å²) in [6.07, 6.45) is 2.32. The molecule has 3 heterocycles. The van der Waals surface area contributed by atoms with Crippen LogP contribution in [-0.4, -0.2) is 39.7 Å². The van der Waals surface area contributed by atoms with Crippen LogP contribution in [0.5, 0.6) is 0 Å². The Labute approximate surface area is 102 Å². The van der Waals surface area contributed by atoms with Gasteiger partial charge in [0.15, 0.2) is 11.5 Å². The van der Waals surface area contributed by atoms with E-state index in [1.165, 1.54) is 0 Å². The second-order valence-corrected chi connectivity index (χ2v) is 3.94. The average molecular weight is 252 g/mol. The van der Waals surface area contributed by atoms with Crippen molar-refractivity contribution in [2.24, 2.45) is 0 Å². The van der Waals surface area contributed by atoms with Crippen LogP contribution in [0.2, 0.25) is 0 Å². The molecule has 1 aliphatic heterocycles. The second-order valence-electron chi connectivity index (χ2n) is 3.94. The first-order valence-electron chi connectivity index (χ1n) is 5.60. The van der Waals surface area contributed by atoms with Crippen LogP contribution in [0, 0.1) is 0 Å². The minimum Gasteiger partial charge on any atom is -0.379 e. The van der Waals surface area contributed by atoms with Gasteiger partial charge in [0.05, 0.1) is 6.10 Å². The largest absolute Gasteiger partial charge is 0.379 e. The fraction of sp³-hybridized carbons (Fsp3) is 0.556. The molecular formula is C9H12N6O3. The third kappa shape index (κ3) is 2.12. The van der Waals surface area contributed by atoms with Gasteiger partial charge in [0.25, 0.3) is 0 Å². The molecule has 3 rings (SSSR count). The first kappa shape index (κ1) is 11.0. The molecule has 0 unspecified atom stereocenters. The predicted octanol–water partition coefficient (Wildman–Crippen LogP) is 0.293. The van der Waals surface area contributed by atoms with E-state index >= 15 is 0 Å². The maximum absolute atomic E-state index is 5.53. The Bertz CT molecular complexity index is 518. The van der Waals surface area contributed by atoms with E-state index in [0.29, 0.717) is 12.6 Å². The van der Waals surface area contributed by atoms with Crippen LogP contribution in [0.3, 0.4) is 0 Å². The Morgan fingerprint density at radius 2 is 2.28 bits per heavy atom. The third-order valence-corrected chi connectivity index (χ3v) is 2.66. The SMILES string of the molecule is Nc1nonc1-c1noc(NC[C@@H]2CCCO2)n1. The summed E-state index contributed by atoms with van der Waals surface area (Å²) in [6, 6.07) is 0.294. The molecular weight excluding hydrogens is 240 g/mol. The van der Waals surface area contributed by atoms with Gasteiger partial charge in [0.2, 0.25) is 5.82 Å². The summed E-state index contributed by atoms with van der Waals surface area (Å²) in [4.78, 5) is 4.09. The van der Waals surface area contributed by atoms with E-state index in [0.717, 1.165) is 19.4 Å². The van der Waals surface area contributed by atoms with Gasteiger partial charge in [-0.05, 0) is 23.2 Å². The molecule has 0 bridgehead atoms. The van der Waals surface area contributed by atoms with Gasteiger partial charge in [-0.25, -0.2) is 4.63 Å². The summed E-state index contributed by atoms with van der Waals surface area (Å²) >= 11 is 0. The van der Waals surface area contributed by atoms with Crippen LogP contribution < -0.4 is 11.1 Å². The Kier molecular flexibility index (Phi) is 2.81. The van der Waals surface area contributed by atoms with Gasteiger partial charge in [-0.2, -0.15) is 4.98 Å². The van der Waals surface area contributed by atoms with E-state index in [2.05, 4.69) is 30.4 Å². The number of hydrogen-bond donors (Lipinski definition) is 2. The van der Waals surface area contributed by atoms with Crippen LogP contribution in [-0.2, 0) is 4.74 Å². The molecule has 3 N–H and O–H groups in total. The number of rotatable bonds is 4. The summed E-state index contributed by atoms with van der Waals surface area (Å²) in [7, 11) is 0. The number of nitrogens with zero attached hydrogens (tertiary/aromatic N) is 4. The predicted molar refractivity (Wildman–Crippen MR) is 59.5 cm³/mol. The molecule has 1 aliphatic rings. The fourth-order valence-corrected chi connectivity index (χ4v) is 1.75.